The van der Waals surface area contributed by atoms with Crippen LogP contribution in [-0.2, 0) is 24.8 Å². The van der Waals surface area contributed by atoms with E-state index >= 15 is 0 Å². The third-order valence-electron chi connectivity index (χ3n) is 6.50. The molecule has 0 unspecified atom stereocenters. The number of anilines is 1. The Labute approximate surface area is 183 Å². The number of carbonyl (C=O) groups excluding carboxylic acids is 1. The molecule has 3 heterocycles. The summed E-state index contributed by atoms with van der Waals surface area (Å²) in [6.07, 6.45) is 2.73. The number of para-hydroxylation sites is 1. The van der Waals surface area contributed by atoms with Gasteiger partial charge in [-0.2, -0.15) is 0 Å². The van der Waals surface area contributed by atoms with Crippen molar-refractivity contribution in [3.8, 4) is 0 Å². The van der Waals surface area contributed by atoms with Crippen molar-refractivity contribution >= 4 is 11.6 Å². The Balaban J connectivity index is 1.36. The summed E-state index contributed by atoms with van der Waals surface area (Å²) in [5, 5.41) is 0. The van der Waals surface area contributed by atoms with Crippen LogP contribution < -0.4 is 4.90 Å². The van der Waals surface area contributed by atoms with Gasteiger partial charge in [-0.1, -0.05) is 48.5 Å². The largest absolute Gasteiger partial charge is 0.368 e. The van der Waals surface area contributed by atoms with Crippen molar-refractivity contribution in [2.45, 2.75) is 19.0 Å². The molecule has 0 spiro atoms. The molecule has 1 fully saturated rings. The van der Waals surface area contributed by atoms with E-state index in [1.54, 1.807) is 0 Å². The summed E-state index contributed by atoms with van der Waals surface area (Å²) in [7, 11) is 2.01. The van der Waals surface area contributed by atoms with Gasteiger partial charge in [0.25, 0.3) is 0 Å². The van der Waals surface area contributed by atoms with Crippen molar-refractivity contribution in [1.29, 1.82) is 0 Å². The third-order valence-corrected chi connectivity index (χ3v) is 6.50. The van der Waals surface area contributed by atoms with E-state index in [-0.39, 0.29) is 11.9 Å². The maximum Gasteiger partial charge on any atom is 0.246 e. The molecule has 3 aromatic rings. The number of hydrogen-bond acceptors (Lipinski definition) is 4. The number of fused-ring (bicyclic) bond motifs is 1. The number of imidazole rings is 1. The van der Waals surface area contributed by atoms with Crippen molar-refractivity contribution in [2.75, 3.05) is 37.6 Å². The van der Waals surface area contributed by atoms with Gasteiger partial charge < -0.3 is 14.4 Å². The molecule has 31 heavy (non-hydrogen) atoms. The molecular formula is C25H29N5O. The summed E-state index contributed by atoms with van der Waals surface area (Å²) < 4.78 is 2.04. The van der Waals surface area contributed by atoms with Gasteiger partial charge in [-0.15, -0.1) is 0 Å². The number of piperazine rings is 1. The van der Waals surface area contributed by atoms with Crippen LogP contribution in [0.15, 0.2) is 67.0 Å². The molecule has 0 saturated carbocycles. The quantitative estimate of drug-likeness (QED) is 0.657. The van der Waals surface area contributed by atoms with Crippen LogP contribution in [0.5, 0.6) is 0 Å². The topological polar surface area (TPSA) is 44.6 Å². The van der Waals surface area contributed by atoms with E-state index in [9.17, 15) is 4.79 Å². The maximum absolute atomic E-state index is 13.8. The van der Waals surface area contributed by atoms with Crippen LogP contribution in [0.2, 0.25) is 0 Å². The summed E-state index contributed by atoms with van der Waals surface area (Å²) in [6.45, 7) is 4.83. The van der Waals surface area contributed by atoms with Gasteiger partial charge in [-0.3, -0.25) is 9.69 Å². The van der Waals surface area contributed by atoms with E-state index in [2.05, 4.69) is 63.3 Å². The molecule has 1 saturated heterocycles. The van der Waals surface area contributed by atoms with Crippen LogP contribution >= 0.6 is 0 Å². The van der Waals surface area contributed by atoms with Gasteiger partial charge in [0.05, 0.1) is 17.7 Å². The molecule has 2 aliphatic heterocycles. The van der Waals surface area contributed by atoms with Crippen LogP contribution in [0.1, 0.15) is 23.0 Å². The van der Waals surface area contributed by atoms with Crippen molar-refractivity contribution < 1.29 is 4.79 Å². The molecule has 5 rings (SSSR count). The predicted octanol–water partition coefficient (Wildman–Crippen LogP) is 2.87. The van der Waals surface area contributed by atoms with Crippen molar-refractivity contribution in [1.82, 2.24) is 19.4 Å². The second-order valence-corrected chi connectivity index (χ2v) is 8.44. The zero-order chi connectivity index (χ0) is 21.2. The average Bonchev–Trinajstić information content (AvgIpc) is 3.21. The lowest BCUT2D eigenvalue weighted by molar-refractivity contribution is -0.138. The van der Waals surface area contributed by atoms with Crippen LogP contribution in [-0.4, -0.2) is 58.0 Å². The number of hydrogen-bond donors (Lipinski definition) is 0. The van der Waals surface area contributed by atoms with E-state index in [0.29, 0.717) is 0 Å². The minimum Gasteiger partial charge on any atom is -0.368 e. The number of nitrogens with zero attached hydrogens (tertiary/aromatic N) is 5. The summed E-state index contributed by atoms with van der Waals surface area (Å²) in [6, 6.07) is 20.6. The van der Waals surface area contributed by atoms with Crippen molar-refractivity contribution in [2.24, 2.45) is 7.05 Å². The fourth-order valence-corrected chi connectivity index (χ4v) is 4.84. The highest BCUT2D eigenvalue weighted by atomic mass is 16.2. The van der Waals surface area contributed by atoms with Gasteiger partial charge in [-0.05, 0) is 17.7 Å². The first-order chi connectivity index (χ1) is 15.2. The van der Waals surface area contributed by atoms with E-state index in [1.807, 2.05) is 35.0 Å². The highest BCUT2D eigenvalue weighted by molar-refractivity contribution is 5.84. The fraction of sp³-hybridized carbons (Fsp3) is 0.360. The molecule has 6 heteroatoms. The lowest BCUT2D eigenvalue weighted by atomic mass is 9.99. The third kappa shape index (κ3) is 3.95. The van der Waals surface area contributed by atoms with E-state index in [1.165, 1.54) is 11.3 Å². The monoisotopic (exact) mass is 415 g/mol. The lowest BCUT2D eigenvalue weighted by Gasteiger charge is -2.41. The Morgan fingerprint density at radius 1 is 0.935 bits per heavy atom. The smallest absolute Gasteiger partial charge is 0.246 e. The van der Waals surface area contributed by atoms with Crippen LogP contribution in [0.4, 0.5) is 5.69 Å². The predicted molar refractivity (Wildman–Crippen MR) is 122 cm³/mol. The molecule has 0 N–H and O–H groups in total. The summed E-state index contributed by atoms with van der Waals surface area (Å²) >= 11 is 0. The molecular weight excluding hydrogens is 386 g/mol. The van der Waals surface area contributed by atoms with Gasteiger partial charge in [0, 0.05) is 58.4 Å². The Bertz CT molecular complexity index is 1020. The molecule has 1 aromatic heterocycles. The molecule has 2 aromatic carbocycles. The zero-order valence-electron chi connectivity index (χ0n) is 18.0. The highest BCUT2D eigenvalue weighted by Crippen LogP contribution is 2.32. The lowest BCUT2D eigenvalue weighted by Crippen LogP contribution is -2.53. The molecule has 2 aliphatic rings. The standard InChI is InChI=1S/C25H29N5O/c1-27-19-26-22-12-13-30(18-20-8-4-2-5-9-20)24(23(22)27)25(31)29-16-14-28(15-17-29)21-10-6-3-7-11-21/h2-11,19,24H,12-18H2,1H3/t24-/m1/s1. The molecule has 1 amide bonds. The fourth-order valence-electron chi connectivity index (χ4n) is 4.84. The second kappa shape index (κ2) is 8.55. The highest BCUT2D eigenvalue weighted by Gasteiger charge is 2.39. The normalized spacial score (nSPS) is 19.3. The Hall–Kier alpha value is -3.12. The molecule has 1 atom stereocenters. The van der Waals surface area contributed by atoms with Crippen LogP contribution in [0.25, 0.3) is 0 Å². The number of benzene rings is 2. The Morgan fingerprint density at radius 3 is 2.32 bits per heavy atom. The molecule has 6 nitrogen and oxygen atoms in total. The van der Waals surface area contributed by atoms with Gasteiger partial charge in [0.2, 0.25) is 5.91 Å². The maximum atomic E-state index is 13.8. The second-order valence-electron chi connectivity index (χ2n) is 8.44. The van der Waals surface area contributed by atoms with Gasteiger partial charge >= 0.3 is 0 Å². The first-order valence-electron chi connectivity index (χ1n) is 11.1. The number of aryl methyl sites for hydroxylation is 1. The van der Waals surface area contributed by atoms with Gasteiger partial charge in [0.15, 0.2) is 0 Å². The summed E-state index contributed by atoms with van der Waals surface area (Å²) in [5.41, 5.74) is 4.58. The van der Waals surface area contributed by atoms with Crippen LogP contribution in [0.3, 0.4) is 0 Å². The van der Waals surface area contributed by atoms with Gasteiger partial charge in [0.1, 0.15) is 6.04 Å². The minimum atomic E-state index is -0.278. The molecule has 0 radical (unpaired) electrons. The summed E-state index contributed by atoms with van der Waals surface area (Å²) in [4.78, 5) is 25.2. The van der Waals surface area contributed by atoms with E-state index in [0.717, 1.165) is 57.1 Å². The number of amides is 1. The van der Waals surface area contributed by atoms with E-state index < -0.39 is 0 Å². The summed E-state index contributed by atoms with van der Waals surface area (Å²) in [5.74, 6) is 0.202. The van der Waals surface area contributed by atoms with Crippen molar-refractivity contribution in [3.05, 3.63) is 83.9 Å². The van der Waals surface area contributed by atoms with E-state index in [4.69, 9.17) is 0 Å². The molecule has 0 bridgehead atoms. The first kappa shape index (κ1) is 19.8. The molecule has 160 valence electrons. The number of carbonyl (C=O) groups is 1. The molecule has 0 aliphatic carbocycles. The first-order valence-corrected chi connectivity index (χ1v) is 11.1. The number of aromatic nitrogens is 2. The minimum absolute atomic E-state index is 0.202. The Morgan fingerprint density at radius 2 is 1.61 bits per heavy atom. The SMILES string of the molecule is Cn1cnc2c1[C@H](C(=O)N1CCN(c3ccccc3)CC1)N(Cc1ccccc1)CC2. The van der Waals surface area contributed by atoms with Crippen molar-refractivity contribution in [3.63, 3.8) is 0 Å². The van der Waals surface area contributed by atoms with Crippen LogP contribution in [0, 0.1) is 0 Å². The Kier molecular flexibility index (Phi) is 5.47. The van der Waals surface area contributed by atoms with Gasteiger partial charge in [-0.25, -0.2) is 4.98 Å². The number of rotatable bonds is 4. The zero-order valence-corrected chi connectivity index (χ0v) is 18.0. The average molecular weight is 416 g/mol.